The maximum atomic E-state index is 11.9. The summed E-state index contributed by atoms with van der Waals surface area (Å²) in [5.41, 5.74) is -0.293. The number of carbonyl (C=O) groups excluding carboxylic acids is 1. The molecule has 19 heavy (non-hydrogen) atoms. The molecule has 0 atom stereocenters. The Bertz CT molecular complexity index is 529. The Balaban J connectivity index is 2.82. The number of nitrogens with zero attached hydrogens (tertiary/aromatic N) is 2. The second-order valence-corrected chi connectivity index (χ2v) is 4.58. The van der Waals surface area contributed by atoms with Crippen LogP contribution in [0.1, 0.15) is 19.4 Å². The van der Waals surface area contributed by atoms with Crippen LogP contribution < -0.4 is 10.2 Å². The second-order valence-electron chi connectivity index (χ2n) is 4.58. The molecule has 0 aliphatic carbocycles. The van der Waals surface area contributed by atoms with Crippen LogP contribution in [0.25, 0.3) is 0 Å². The van der Waals surface area contributed by atoms with Crippen molar-refractivity contribution in [2.45, 2.75) is 19.4 Å². The largest absolute Gasteiger partial charge is 0.480 e. The van der Waals surface area contributed by atoms with E-state index in [-0.39, 0.29) is 0 Å². The number of hydrogen-bond acceptors (Lipinski definition) is 3. The van der Waals surface area contributed by atoms with Gasteiger partial charge in [0.15, 0.2) is 0 Å². The number of hydrogen-bond donors (Lipinski definition) is 2. The number of carbonyl (C=O) groups is 2. The van der Waals surface area contributed by atoms with Crippen LogP contribution in [-0.2, 0) is 4.79 Å². The van der Waals surface area contributed by atoms with Gasteiger partial charge in [0.1, 0.15) is 5.54 Å². The summed E-state index contributed by atoms with van der Waals surface area (Å²) in [6.45, 7) is 2.81. The first kappa shape index (κ1) is 14.5. The van der Waals surface area contributed by atoms with Crippen LogP contribution in [0, 0.1) is 11.3 Å². The summed E-state index contributed by atoms with van der Waals surface area (Å²) in [5, 5.41) is 20.0. The van der Waals surface area contributed by atoms with E-state index in [0.717, 1.165) is 0 Å². The Morgan fingerprint density at radius 2 is 1.84 bits per heavy atom. The molecule has 0 heterocycles. The molecule has 2 amide bonds. The minimum atomic E-state index is -1.35. The van der Waals surface area contributed by atoms with Crippen molar-refractivity contribution in [3.8, 4) is 6.07 Å². The molecule has 6 heteroatoms. The molecule has 2 N–H and O–H groups in total. The lowest BCUT2D eigenvalue weighted by Gasteiger charge is -2.25. The molecule has 0 saturated heterocycles. The number of amides is 2. The van der Waals surface area contributed by atoms with Crippen LogP contribution in [0.3, 0.4) is 0 Å². The summed E-state index contributed by atoms with van der Waals surface area (Å²) in [7, 11) is 1.52. The molecule has 0 saturated carbocycles. The van der Waals surface area contributed by atoms with Gasteiger partial charge in [-0.25, -0.2) is 9.59 Å². The lowest BCUT2D eigenvalue weighted by atomic mass is 10.1. The molecule has 0 fully saturated rings. The predicted molar refractivity (Wildman–Crippen MR) is 69.8 cm³/mol. The SMILES string of the molecule is CN(C(=O)NC(C)(C)C(=O)O)c1ccc(C#N)cc1. The molecular weight excluding hydrogens is 246 g/mol. The smallest absolute Gasteiger partial charge is 0.328 e. The summed E-state index contributed by atoms with van der Waals surface area (Å²) in [5.74, 6) is -1.12. The number of aliphatic carboxylic acids is 1. The molecule has 6 nitrogen and oxygen atoms in total. The van der Waals surface area contributed by atoms with Crippen molar-refractivity contribution < 1.29 is 14.7 Å². The highest BCUT2D eigenvalue weighted by Gasteiger charge is 2.30. The van der Waals surface area contributed by atoms with Crippen molar-refractivity contribution in [3.05, 3.63) is 29.8 Å². The fourth-order valence-corrected chi connectivity index (χ4v) is 1.28. The highest BCUT2D eigenvalue weighted by atomic mass is 16.4. The van der Waals surface area contributed by atoms with Crippen LogP contribution in [0.5, 0.6) is 0 Å². The third-order valence-corrected chi connectivity index (χ3v) is 2.64. The zero-order valence-electron chi connectivity index (χ0n) is 11.0. The highest BCUT2D eigenvalue weighted by molar-refractivity contribution is 5.95. The maximum absolute atomic E-state index is 11.9. The molecule has 0 radical (unpaired) electrons. The van der Waals surface area contributed by atoms with E-state index < -0.39 is 17.5 Å². The summed E-state index contributed by atoms with van der Waals surface area (Å²) in [6, 6.07) is 7.85. The average molecular weight is 261 g/mol. The lowest BCUT2D eigenvalue weighted by Crippen LogP contribution is -2.53. The second kappa shape index (κ2) is 5.40. The van der Waals surface area contributed by atoms with Gasteiger partial charge in [0.25, 0.3) is 0 Å². The van der Waals surface area contributed by atoms with Gasteiger partial charge in [0.05, 0.1) is 11.6 Å². The third kappa shape index (κ3) is 3.45. The van der Waals surface area contributed by atoms with Crippen LogP contribution in [-0.4, -0.2) is 29.7 Å². The molecule has 0 aliphatic heterocycles. The summed E-state index contributed by atoms with van der Waals surface area (Å²) in [4.78, 5) is 24.1. The Hall–Kier alpha value is -2.55. The van der Waals surface area contributed by atoms with Crippen LogP contribution in [0.2, 0.25) is 0 Å². The Morgan fingerprint density at radius 1 is 1.32 bits per heavy atom. The van der Waals surface area contributed by atoms with E-state index in [9.17, 15) is 9.59 Å². The zero-order chi connectivity index (χ0) is 14.6. The summed E-state index contributed by atoms with van der Waals surface area (Å²) in [6.07, 6.45) is 0. The van der Waals surface area contributed by atoms with E-state index in [1.807, 2.05) is 6.07 Å². The molecule has 1 aromatic carbocycles. The monoisotopic (exact) mass is 261 g/mol. The van der Waals surface area contributed by atoms with Gasteiger partial charge in [-0.05, 0) is 38.1 Å². The number of anilines is 1. The number of nitriles is 1. The van der Waals surface area contributed by atoms with E-state index in [0.29, 0.717) is 11.3 Å². The first-order valence-electron chi connectivity index (χ1n) is 5.57. The van der Waals surface area contributed by atoms with E-state index in [2.05, 4.69) is 5.32 Å². The van der Waals surface area contributed by atoms with Crippen LogP contribution >= 0.6 is 0 Å². The summed E-state index contributed by atoms with van der Waals surface area (Å²) < 4.78 is 0. The topological polar surface area (TPSA) is 93.4 Å². The van der Waals surface area contributed by atoms with Gasteiger partial charge in [-0.2, -0.15) is 5.26 Å². The predicted octanol–water partition coefficient (Wildman–Crippen LogP) is 1.57. The van der Waals surface area contributed by atoms with E-state index in [4.69, 9.17) is 10.4 Å². The minimum absolute atomic E-state index is 0.489. The maximum Gasteiger partial charge on any atom is 0.328 e. The standard InChI is InChI=1S/C13H15N3O3/c1-13(2,11(17)18)15-12(19)16(3)10-6-4-9(8-14)5-7-10/h4-7H,1-3H3,(H,15,19)(H,17,18). The minimum Gasteiger partial charge on any atom is -0.480 e. The van der Waals surface area contributed by atoms with Gasteiger partial charge >= 0.3 is 12.0 Å². The number of nitrogens with one attached hydrogen (secondary N) is 1. The molecule has 1 aromatic rings. The molecule has 0 bridgehead atoms. The number of urea groups is 1. The molecule has 0 aromatic heterocycles. The molecule has 1 rings (SSSR count). The van der Waals surface area contributed by atoms with Crippen molar-refractivity contribution in [1.82, 2.24) is 5.32 Å². The Morgan fingerprint density at radius 3 is 2.26 bits per heavy atom. The van der Waals surface area contributed by atoms with Crippen molar-refractivity contribution in [1.29, 1.82) is 5.26 Å². The lowest BCUT2D eigenvalue weighted by molar-refractivity contribution is -0.142. The van der Waals surface area contributed by atoms with Crippen molar-refractivity contribution in [2.75, 3.05) is 11.9 Å². The van der Waals surface area contributed by atoms with Gasteiger partial charge in [0, 0.05) is 12.7 Å². The third-order valence-electron chi connectivity index (χ3n) is 2.64. The molecule has 0 unspecified atom stereocenters. The molecular formula is C13H15N3O3. The molecule has 0 spiro atoms. The number of benzene rings is 1. The van der Waals surface area contributed by atoms with Crippen LogP contribution in [0.4, 0.5) is 10.5 Å². The first-order chi connectivity index (χ1) is 8.77. The van der Waals surface area contributed by atoms with Gasteiger partial charge in [0.2, 0.25) is 0 Å². The highest BCUT2D eigenvalue weighted by Crippen LogP contribution is 2.14. The fraction of sp³-hybridized carbons (Fsp3) is 0.308. The summed E-state index contributed by atoms with van der Waals surface area (Å²) >= 11 is 0. The molecule has 0 aliphatic rings. The normalized spacial score (nSPS) is 10.4. The fourth-order valence-electron chi connectivity index (χ4n) is 1.28. The first-order valence-corrected chi connectivity index (χ1v) is 5.57. The van der Waals surface area contributed by atoms with Crippen molar-refractivity contribution in [2.24, 2.45) is 0 Å². The van der Waals surface area contributed by atoms with Gasteiger partial charge < -0.3 is 10.4 Å². The van der Waals surface area contributed by atoms with Crippen molar-refractivity contribution in [3.63, 3.8) is 0 Å². The number of carboxylic acid groups (broad SMARTS) is 1. The van der Waals surface area contributed by atoms with E-state index in [1.165, 1.54) is 25.8 Å². The average Bonchev–Trinajstić information content (AvgIpc) is 2.37. The Kier molecular flexibility index (Phi) is 4.12. The number of rotatable bonds is 3. The van der Waals surface area contributed by atoms with Crippen LogP contribution in [0.15, 0.2) is 24.3 Å². The van der Waals surface area contributed by atoms with E-state index in [1.54, 1.807) is 24.3 Å². The molecule has 100 valence electrons. The van der Waals surface area contributed by atoms with Crippen molar-refractivity contribution >= 4 is 17.7 Å². The van der Waals surface area contributed by atoms with Gasteiger partial charge in [-0.3, -0.25) is 4.90 Å². The number of carboxylic acids is 1. The quantitative estimate of drug-likeness (QED) is 0.863. The zero-order valence-corrected chi connectivity index (χ0v) is 11.0. The van der Waals surface area contributed by atoms with E-state index >= 15 is 0 Å². The van der Waals surface area contributed by atoms with Gasteiger partial charge in [-0.1, -0.05) is 0 Å². The Labute approximate surface area is 111 Å². The van der Waals surface area contributed by atoms with Gasteiger partial charge in [-0.15, -0.1) is 0 Å².